The number of aromatic nitrogens is 3. The summed E-state index contributed by atoms with van der Waals surface area (Å²) in [6.07, 6.45) is 10.7. The average molecular weight is 397 g/mol. The van der Waals surface area contributed by atoms with Gasteiger partial charge in [-0.3, -0.25) is 0 Å². The Balaban J connectivity index is 1.50. The number of hydrogen-bond donors (Lipinski definition) is 2. The van der Waals surface area contributed by atoms with E-state index in [-0.39, 0.29) is 5.82 Å². The van der Waals surface area contributed by atoms with Gasteiger partial charge in [0.15, 0.2) is 0 Å². The summed E-state index contributed by atoms with van der Waals surface area (Å²) in [5.74, 6) is 1.42. The maximum Gasteiger partial charge on any atom is 0.233 e. The molecule has 1 saturated heterocycles. The van der Waals surface area contributed by atoms with Crippen LogP contribution in [-0.4, -0.2) is 34.6 Å². The van der Waals surface area contributed by atoms with Crippen LogP contribution in [0.15, 0.2) is 29.8 Å². The topological polar surface area (TPSA) is 66.0 Å². The highest BCUT2D eigenvalue weighted by molar-refractivity contribution is 5.56. The number of benzene rings is 1. The molecule has 1 aromatic heterocycles. The number of aryl methyl sites for hydroxylation is 1. The van der Waals surface area contributed by atoms with Crippen LogP contribution < -0.4 is 15.5 Å². The molecule has 1 aliphatic carbocycles. The molecule has 2 aliphatic rings. The van der Waals surface area contributed by atoms with E-state index in [0.29, 0.717) is 29.1 Å². The van der Waals surface area contributed by atoms with Crippen molar-refractivity contribution in [2.24, 2.45) is 0 Å². The Hall–Kier alpha value is -2.70. The molecule has 4 rings (SSSR count). The predicted octanol–water partition coefficient (Wildman–Crippen LogP) is 4.97. The fourth-order valence-corrected chi connectivity index (χ4v) is 3.82. The first-order valence-corrected chi connectivity index (χ1v) is 10.6. The van der Waals surface area contributed by atoms with Gasteiger partial charge in [-0.25, -0.2) is 4.39 Å². The van der Waals surface area contributed by atoms with Crippen LogP contribution in [0, 0.1) is 12.7 Å². The SMILES string of the molecule is Cc1ccc(Nc2nc(NCCC3=CCCCC3)nc(N3CCCC3)n2)cc1F. The lowest BCUT2D eigenvalue weighted by Gasteiger charge is -2.18. The van der Waals surface area contributed by atoms with Gasteiger partial charge in [0.05, 0.1) is 0 Å². The van der Waals surface area contributed by atoms with Crippen LogP contribution in [0.25, 0.3) is 0 Å². The number of allylic oxidation sites excluding steroid dienone is 1. The summed E-state index contributed by atoms with van der Waals surface area (Å²) in [6.45, 7) is 4.45. The second kappa shape index (κ2) is 9.20. The molecular formula is C22H29FN6. The van der Waals surface area contributed by atoms with Crippen molar-refractivity contribution in [1.29, 1.82) is 0 Å². The van der Waals surface area contributed by atoms with Crippen molar-refractivity contribution >= 4 is 23.5 Å². The third-order valence-corrected chi connectivity index (χ3v) is 5.55. The van der Waals surface area contributed by atoms with Gasteiger partial charge in [-0.1, -0.05) is 17.7 Å². The fourth-order valence-electron chi connectivity index (χ4n) is 3.82. The van der Waals surface area contributed by atoms with Gasteiger partial charge in [0, 0.05) is 25.3 Å². The molecule has 1 fully saturated rings. The standard InChI is InChI=1S/C22H29FN6/c1-16-9-10-18(15-19(16)23)25-21-26-20(24-12-11-17-7-3-2-4-8-17)27-22(28-21)29-13-5-6-14-29/h7,9-10,15H,2-6,8,11-14H2,1H3,(H2,24,25,26,27,28). The van der Waals surface area contributed by atoms with Crippen molar-refractivity contribution < 1.29 is 4.39 Å². The second-order valence-corrected chi connectivity index (χ2v) is 7.85. The monoisotopic (exact) mass is 396 g/mol. The Bertz CT molecular complexity index is 876. The zero-order chi connectivity index (χ0) is 20.1. The van der Waals surface area contributed by atoms with E-state index in [1.807, 2.05) is 6.07 Å². The molecule has 2 N–H and O–H groups in total. The molecular weight excluding hydrogens is 367 g/mol. The molecule has 29 heavy (non-hydrogen) atoms. The Labute approximate surface area is 171 Å². The van der Waals surface area contributed by atoms with E-state index in [2.05, 4.69) is 36.6 Å². The van der Waals surface area contributed by atoms with E-state index in [1.54, 1.807) is 13.0 Å². The van der Waals surface area contributed by atoms with E-state index in [1.165, 1.54) is 37.3 Å². The van der Waals surface area contributed by atoms with Gasteiger partial charge >= 0.3 is 0 Å². The van der Waals surface area contributed by atoms with E-state index < -0.39 is 0 Å². The van der Waals surface area contributed by atoms with Crippen LogP contribution in [0.2, 0.25) is 0 Å². The Morgan fingerprint density at radius 3 is 2.62 bits per heavy atom. The number of halogens is 1. The molecule has 6 nitrogen and oxygen atoms in total. The summed E-state index contributed by atoms with van der Waals surface area (Å²) in [4.78, 5) is 15.9. The van der Waals surface area contributed by atoms with Gasteiger partial charge in [0.25, 0.3) is 0 Å². The predicted molar refractivity (Wildman–Crippen MR) is 115 cm³/mol. The number of rotatable bonds is 7. The molecule has 2 heterocycles. The third kappa shape index (κ3) is 5.22. The normalized spacial score (nSPS) is 16.6. The van der Waals surface area contributed by atoms with Crippen LogP contribution in [0.3, 0.4) is 0 Å². The van der Waals surface area contributed by atoms with E-state index in [4.69, 9.17) is 0 Å². The van der Waals surface area contributed by atoms with Gasteiger partial charge < -0.3 is 15.5 Å². The van der Waals surface area contributed by atoms with Crippen molar-refractivity contribution in [3.05, 3.63) is 41.2 Å². The first-order valence-electron chi connectivity index (χ1n) is 10.6. The van der Waals surface area contributed by atoms with Crippen molar-refractivity contribution in [2.75, 3.05) is 35.2 Å². The van der Waals surface area contributed by atoms with E-state index >= 15 is 0 Å². The number of nitrogens with one attached hydrogen (secondary N) is 2. The summed E-state index contributed by atoms with van der Waals surface area (Å²) in [5, 5.41) is 6.49. The molecule has 0 amide bonds. The third-order valence-electron chi connectivity index (χ3n) is 5.55. The van der Waals surface area contributed by atoms with Crippen LogP contribution in [-0.2, 0) is 0 Å². The van der Waals surface area contributed by atoms with Crippen molar-refractivity contribution in [3.63, 3.8) is 0 Å². The lowest BCUT2D eigenvalue weighted by molar-refractivity contribution is 0.619. The van der Waals surface area contributed by atoms with Gasteiger partial charge in [0.1, 0.15) is 5.82 Å². The smallest absolute Gasteiger partial charge is 0.233 e. The lowest BCUT2D eigenvalue weighted by atomic mass is 9.97. The Morgan fingerprint density at radius 2 is 1.86 bits per heavy atom. The number of nitrogens with zero attached hydrogens (tertiary/aromatic N) is 4. The molecule has 1 aliphatic heterocycles. The lowest BCUT2D eigenvalue weighted by Crippen LogP contribution is -2.22. The van der Waals surface area contributed by atoms with Crippen molar-refractivity contribution in [1.82, 2.24) is 15.0 Å². The number of anilines is 4. The zero-order valence-electron chi connectivity index (χ0n) is 17.0. The van der Waals surface area contributed by atoms with Gasteiger partial charge in [-0.2, -0.15) is 15.0 Å². The van der Waals surface area contributed by atoms with Crippen LogP contribution >= 0.6 is 0 Å². The highest BCUT2D eigenvalue weighted by Crippen LogP contribution is 2.23. The summed E-state index contributed by atoms with van der Waals surface area (Å²) < 4.78 is 13.9. The Morgan fingerprint density at radius 1 is 1.03 bits per heavy atom. The molecule has 154 valence electrons. The first kappa shape index (κ1) is 19.6. The quantitative estimate of drug-likeness (QED) is 0.645. The maximum atomic E-state index is 13.9. The largest absolute Gasteiger partial charge is 0.354 e. The molecule has 1 aromatic carbocycles. The first-order chi connectivity index (χ1) is 14.2. The highest BCUT2D eigenvalue weighted by Gasteiger charge is 2.18. The minimum atomic E-state index is -0.247. The summed E-state index contributed by atoms with van der Waals surface area (Å²) in [6, 6.07) is 5.05. The summed E-state index contributed by atoms with van der Waals surface area (Å²) >= 11 is 0. The van der Waals surface area contributed by atoms with Gasteiger partial charge in [0.2, 0.25) is 17.8 Å². The molecule has 7 heteroatoms. The molecule has 0 unspecified atom stereocenters. The minimum absolute atomic E-state index is 0.247. The maximum absolute atomic E-state index is 13.9. The molecule has 0 atom stereocenters. The van der Waals surface area contributed by atoms with Crippen LogP contribution in [0.4, 0.5) is 27.9 Å². The second-order valence-electron chi connectivity index (χ2n) is 7.85. The highest BCUT2D eigenvalue weighted by atomic mass is 19.1. The van der Waals surface area contributed by atoms with Gasteiger partial charge in [-0.05, 0) is 69.6 Å². The molecule has 0 spiro atoms. The minimum Gasteiger partial charge on any atom is -0.354 e. The molecule has 2 aromatic rings. The van der Waals surface area contributed by atoms with Crippen LogP contribution in [0.1, 0.15) is 50.5 Å². The molecule has 0 radical (unpaired) electrons. The van der Waals surface area contributed by atoms with E-state index in [9.17, 15) is 4.39 Å². The fraction of sp³-hybridized carbons (Fsp3) is 0.500. The van der Waals surface area contributed by atoms with E-state index in [0.717, 1.165) is 38.9 Å². The molecule has 0 saturated carbocycles. The van der Waals surface area contributed by atoms with Crippen LogP contribution in [0.5, 0.6) is 0 Å². The Kier molecular flexibility index (Phi) is 6.22. The van der Waals surface area contributed by atoms with Crippen molar-refractivity contribution in [3.8, 4) is 0 Å². The average Bonchev–Trinajstić information content (AvgIpc) is 3.27. The van der Waals surface area contributed by atoms with Crippen molar-refractivity contribution in [2.45, 2.75) is 51.9 Å². The van der Waals surface area contributed by atoms with Gasteiger partial charge in [-0.15, -0.1) is 0 Å². The summed E-state index contributed by atoms with van der Waals surface area (Å²) in [7, 11) is 0. The molecule has 0 bridgehead atoms. The number of hydrogen-bond acceptors (Lipinski definition) is 6. The zero-order valence-corrected chi connectivity index (χ0v) is 17.0. The summed E-state index contributed by atoms with van der Waals surface area (Å²) in [5.41, 5.74) is 2.76.